The fourth-order valence-corrected chi connectivity index (χ4v) is 6.22. The lowest BCUT2D eigenvalue weighted by Gasteiger charge is -2.35. The summed E-state index contributed by atoms with van der Waals surface area (Å²) in [5.41, 5.74) is 0.425. The van der Waals surface area contributed by atoms with E-state index in [-0.39, 0.29) is 23.2 Å². The average molecular weight is 427 g/mol. The van der Waals surface area contributed by atoms with Crippen LogP contribution in [0.25, 0.3) is 0 Å². The van der Waals surface area contributed by atoms with Gasteiger partial charge in [0, 0.05) is 16.8 Å². The van der Waals surface area contributed by atoms with Crippen LogP contribution in [-0.2, 0) is 4.79 Å². The standard InChI is InChI=1S/C20H24Cl2N2O2S/c21-13-6-9-15(16(22)10-13)19(26)24-17(18(25)23-14-7-8-14)11-27-20(24)12-4-2-1-3-5-12/h6,9-10,12,14,17,20H,1-5,7-8,11H2,(H,23,25). The molecule has 146 valence electrons. The number of amides is 2. The molecular weight excluding hydrogens is 403 g/mol. The Bertz CT molecular complexity index is 735. The van der Waals surface area contributed by atoms with Crippen molar-refractivity contribution in [1.29, 1.82) is 0 Å². The molecule has 2 saturated carbocycles. The van der Waals surface area contributed by atoms with Crippen LogP contribution in [0.15, 0.2) is 18.2 Å². The summed E-state index contributed by atoms with van der Waals surface area (Å²) in [4.78, 5) is 28.1. The highest BCUT2D eigenvalue weighted by atomic mass is 35.5. The Kier molecular flexibility index (Phi) is 5.91. The predicted octanol–water partition coefficient (Wildman–Crippen LogP) is 4.74. The number of hydrogen-bond donors (Lipinski definition) is 1. The Hall–Kier alpha value is -0.910. The van der Waals surface area contributed by atoms with Crippen molar-refractivity contribution in [3.8, 4) is 0 Å². The van der Waals surface area contributed by atoms with Gasteiger partial charge >= 0.3 is 0 Å². The summed E-state index contributed by atoms with van der Waals surface area (Å²) in [6.45, 7) is 0. The summed E-state index contributed by atoms with van der Waals surface area (Å²) in [5.74, 6) is 0.906. The van der Waals surface area contributed by atoms with Crippen molar-refractivity contribution in [1.82, 2.24) is 10.2 Å². The molecule has 1 N–H and O–H groups in total. The molecule has 1 saturated heterocycles. The number of nitrogens with one attached hydrogen (secondary N) is 1. The highest BCUT2D eigenvalue weighted by molar-refractivity contribution is 8.00. The molecule has 3 aliphatic rings. The molecule has 0 bridgehead atoms. The van der Waals surface area contributed by atoms with Gasteiger partial charge in [-0.05, 0) is 49.8 Å². The SMILES string of the molecule is O=C(NC1CC1)C1CSC(C2CCCCC2)N1C(=O)c1ccc(Cl)cc1Cl. The molecule has 0 spiro atoms. The van der Waals surface area contributed by atoms with Crippen molar-refractivity contribution in [2.24, 2.45) is 5.92 Å². The lowest BCUT2D eigenvalue weighted by atomic mass is 9.88. The normalized spacial score (nSPS) is 26.2. The molecule has 2 atom stereocenters. The second-order valence-corrected chi connectivity index (χ2v) is 9.75. The Morgan fingerprint density at radius 3 is 2.48 bits per heavy atom. The monoisotopic (exact) mass is 426 g/mol. The third-order valence-electron chi connectivity index (χ3n) is 5.71. The van der Waals surface area contributed by atoms with Gasteiger partial charge in [0.05, 0.1) is 16.0 Å². The molecule has 4 rings (SSSR count). The number of carbonyl (C=O) groups excluding carboxylic acids is 2. The van der Waals surface area contributed by atoms with Crippen molar-refractivity contribution < 1.29 is 9.59 Å². The van der Waals surface area contributed by atoms with E-state index in [1.165, 1.54) is 19.3 Å². The van der Waals surface area contributed by atoms with Gasteiger partial charge in [0.2, 0.25) is 5.91 Å². The Balaban J connectivity index is 1.62. The van der Waals surface area contributed by atoms with E-state index in [0.717, 1.165) is 25.7 Å². The van der Waals surface area contributed by atoms with Gasteiger partial charge in [0.1, 0.15) is 6.04 Å². The van der Waals surface area contributed by atoms with E-state index in [2.05, 4.69) is 5.32 Å². The zero-order valence-corrected chi connectivity index (χ0v) is 17.5. The zero-order valence-electron chi connectivity index (χ0n) is 15.1. The molecule has 3 fully saturated rings. The van der Waals surface area contributed by atoms with Gasteiger partial charge in [-0.15, -0.1) is 11.8 Å². The minimum atomic E-state index is -0.429. The molecule has 1 aromatic carbocycles. The van der Waals surface area contributed by atoms with Gasteiger partial charge in [-0.1, -0.05) is 42.5 Å². The van der Waals surface area contributed by atoms with E-state index in [1.54, 1.807) is 30.0 Å². The number of thioether (sulfide) groups is 1. The summed E-state index contributed by atoms with van der Waals surface area (Å²) < 4.78 is 0. The maximum atomic E-state index is 13.5. The van der Waals surface area contributed by atoms with Crippen molar-refractivity contribution in [2.45, 2.75) is 62.4 Å². The van der Waals surface area contributed by atoms with Gasteiger partial charge in [0.15, 0.2) is 0 Å². The molecule has 4 nitrogen and oxygen atoms in total. The minimum Gasteiger partial charge on any atom is -0.352 e. The van der Waals surface area contributed by atoms with Crippen LogP contribution >= 0.6 is 35.0 Å². The van der Waals surface area contributed by atoms with Gasteiger partial charge in [-0.3, -0.25) is 9.59 Å². The third-order valence-corrected chi connectivity index (χ3v) is 7.72. The fourth-order valence-electron chi connectivity index (χ4n) is 4.10. The van der Waals surface area contributed by atoms with Crippen LogP contribution in [0.1, 0.15) is 55.3 Å². The summed E-state index contributed by atoms with van der Waals surface area (Å²) in [6, 6.07) is 4.80. The molecule has 1 aromatic rings. The van der Waals surface area contributed by atoms with Crippen LogP contribution in [0.5, 0.6) is 0 Å². The second kappa shape index (κ2) is 8.22. The first-order chi connectivity index (χ1) is 13.0. The van der Waals surface area contributed by atoms with E-state index < -0.39 is 6.04 Å². The molecule has 2 aliphatic carbocycles. The van der Waals surface area contributed by atoms with Crippen molar-refractivity contribution in [3.05, 3.63) is 33.8 Å². The molecule has 27 heavy (non-hydrogen) atoms. The molecule has 2 unspecified atom stereocenters. The molecule has 0 aromatic heterocycles. The lowest BCUT2D eigenvalue weighted by Crippen LogP contribution is -2.52. The number of rotatable bonds is 4. The minimum absolute atomic E-state index is 0.0262. The molecule has 7 heteroatoms. The highest BCUT2D eigenvalue weighted by Gasteiger charge is 2.46. The van der Waals surface area contributed by atoms with E-state index in [4.69, 9.17) is 23.2 Å². The van der Waals surface area contributed by atoms with Crippen LogP contribution in [-0.4, -0.2) is 39.9 Å². The first-order valence-corrected chi connectivity index (χ1v) is 11.5. The van der Waals surface area contributed by atoms with Crippen molar-refractivity contribution in [2.75, 3.05) is 5.75 Å². The van der Waals surface area contributed by atoms with Crippen LogP contribution in [0, 0.1) is 5.92 Å². The fraction of sp³-hybridized carbons (Fsp3) is 0.600. The summed E-state index contributed by atoms with van der Waals surface area (Å²) in [5, 5.41) is 3.96. The number of nitrogens with zero attached hydrogens (tertiary/aromatic N) is 1. The van der Waals surface area contributed by atoms with Gasteiger partial charge in [0.25, 0.3) is 5.91 Å². The Morgan fingerprint density at radius 2 is 1.81 bits per heavy atom. The van der Waals surface area contributed by atoms with E-state index in [1.807, 2.05) is 4.90 Å². The second-order valence-electron chi connectivity index (χ2n) is 7.76. The number of benzene rings is 1. The number of halogens is 2. The van der Waals surface area contributed by atoms with Crippen LogP contribution < -0.4 is 5.32 Å². The topological polar surface area (TPSA) is 49.4 Å². The molecule has 1 heterocycles. The smallest absolute Gasteiger partial charge is 0.256 e. The summed E-state index contributed by atoms with van der Waals surface area (Å²) in [7, 11) is 0. The molecule has 2 amide bonds. The molecular formula is C20H24Cl2N2O2S. The first-order valence-electron chi connectivity index (χ1n) is 9.74. The average Bonchev–Trinajstić information content (AvgIpc) is 3.35. The van der Waals surface area contributed by atoms with E-state index >= 15 is 0 Å². The van der Waals surface area contributed by atoms with Gasteiger partial charge < -0.3 is 10.2 Å². The largest absolute Gasteiger partial charge is 0.352 e. The van der Waals surface area contributed by atoms with Crippen molar-refractivity contribution >= 4 is 46.8 Å². The predicted molar refractivity (Wildman–Crippen MR) is 110 cm³/mol. The summed E-state index contributed by atoms with van der Waals surface area (Å²) in [6.07, 6.45) is 7.97. The lowest BCUT2D eigenvalue weighted by molar-refractivity contribution is -0.125. The van der Waals surface area contributed by atoms with Crippen LogP contribution in [0.4, 0.5) is 0 Å². The van der Waals surface area contributed by atoms with Crippen LogP contribution in [0.2, 0.25) is 10.0 Å². The first kappa shape index (κ1) is 19.4. The third kappa shape index (κ3) is 4.25. The summed E-state index contributed by atoms with van der Waals surface area (Å²) >= 11 is 14.1. The van der Waals surface area contributed by atoms with E-state index in [0.29, 0.717) is 27.3 Å². The van der Waals surface area contributed by atoms with Crippen molar-refractivity contribution in [3.63, 3.8) is 0 Å². The van der Waals surface area contributed by atoms with Crippen LogP contribution in [0.3, 0.4) is 0 Å². The number of hydrogen-bond acceptors (Lipinski definition) is 3. The quantitative estimate of drug-likeness (QED) is 0.756. The molecule has 0 radical (unpaired) electrons. The highest BCUT2D eigenvalue weighted by Crippen LogP contribution is 2.42. The Labute approximate surface area is 174 Å². The number of carbonyl (C=O) groups is 2. The maximum absolute atomic E-state index is 13.5. The zero-order chi connectivity index (χ0) is 19.0. The Morgan fingerprint density at radius 1 is 1.07 bits per heavy atom. The molecule has 1 aliphatic heterocycles. The maximum Gasteiger partial charge on any atom is 0.256 e. The van der Waals surface area contributed by atoms with Gasteiger partial charge in [-0.25, -0.2) is 0 Å². The van der Waals surface area contributed by atoms with Gasteiger partial charge in [-0.2, -0.15) is 0 Å². The van der Waals surface area contributed by atoms with E-state index in [9.17, 15) is 9.59 Å².